The third-order valence-electron chi connectivity index (χ3n) is 1.90. The van der Waals surface area contributed by atoms with Gasteiger partial charge in [-0.1, -0.05) is 0 Å². The third kappa shape index (κ3) is 2.65. The van der Waals surface area contributed by atoms with Gasteiger partial charge in [-0.2, -0.15) is 9.97 Å². The van der Waals surface area contributed by atoms with Gasteiger partial charge in [-0.15, -0.1) is 0 Å². The van der Waals surface area contributed by atoms with E-state index in [2.05, 4.69) is 9.97 Å². The highest BCUT2D eigenvalue weighted by Gasteiger charge is 2.12. The van der Waals surface area contributed by atoms with Crippen molar-refractivity contribution in [1.29, 1.82) is 0 Å². The van der Waals surface area contributed by atoms with Crippen molar-refractivity contribution >= 4 is 5.78 Å². The first-order valence-electron chi connectivity index (χ1n) is 4.53. The minimum Gasteiger partial charge on any atom is -0.481 e. The number of aromatic nitrogens is 2. The van der Waals surface area contributed by atoms with Gasteiger partial charge in [-0.25, -0.2) is 0 Å². The molecular weight excluding hydrogens is 196 g/mol. The predicted octanol–water partition coefficient (Wildman–Crippen LogP) is 0.934. The van der Waals surface area contributed by atoms with Gasteiger partial charge in [0.25, 0.3) is 0 Å². The number of methoxy groups -OCH3 is 2. The first-order valence-corrected chi connectivity index (χ1v) is 4.53. The largest absolute Gasteiger partial charge is 0.481 e. The molecule has 5 nitrogen and oxygen atoms in total. The van der Waals surface area contributed by atoms with E-state index in [1.165, 1.54) is 21.1 Å². The SMILES string of the molecule is COc1nc(CC(C)=O)nc(OC)c1C. The monoisotopic (exact) mass is 210 g/mol. The second-order valence-electron chi connectivity index (χ2n) is 3.16. The molecule has 82 valence electrons. The molecule has 0 bridgehead atoms. The molecular formula is C10H14N2O3. The van der Waals surface area contributed by atoms with Crippen molar-refractivity contribution in [1.82, 2.24) is 9.97 Å². The highest BCUT2D eigenvalue weighted by atomic mass is 16.5. The zero-order chi connectivity index (χ0) is 11.4. The van der Waals surface area contributed by atoms with E-state index in [1.807, 2.05) is 0 Å². The molecule has 1 aromatic heterocycles. The molecule has 0 unspecified atom stereocenters. The molecule has 0 aliphatic heterocycles. The summed E-state index contributed by atoms with van der Waals surface area (Å²) in [5.74, 6) is 1.31. The quantitative estimate of drug-likeness (QED) is 0.740. The van der Waals surface area contributed by atoms with Crippen molar-refractivity contribution < 1.29 is 14.3 Å². The Labute approximate surface area is 88.4 Å². The van der Waals surface area contributed by atoms with Gasteiger partial charge in [0.2, 0.25) is 11.8 Å². The second kappa shape index (κ2) is 4.72. The van der Waals surface area contributed by atoms with Crippen LogP contribution >= 0.6 is 0 Å². The van der Waals surface area contributed by atoms with E-state index in [9.17, 15) is 4.79 Å². The molecule has 5 heteroatoms. The maximum atomic E-state index is 10.9. The van der Waals surface area contributed by atoms with E-state index < -0.39 is 0 Å². The molecule has 1 rings (SSSR count). The Morgan fingerprint density at radius 1 is 1.20 bits per heavy atom. The number of Topliss-reactive ketones (excluding diaryl/α,β-unsaturated/α-hetero) is 1. The fourth-order valence-corrected chi connectivity index (χ4v) is 1.22. The van der Waals surface area contributed by atoms with Crippen LogP contribution in [0.5, 0.6) is 11.8 Å². The molecule has 0 spiro atoms. The van der Waals surface area contributed by atoms with Crippen LogP contribution in [0.15, 0.2) is 0 Å². The Morgan fingerprint density at radius 3 is 2.00 bits per heavy atom. The maximum absolute atomic E-state index is 10.9. The first kappa shape index (κ1) is 11.4. The zero-order valence-electron chi connectivity index (χ0n) is 9.33. The summed E-state index contributed by atoms with van der Waals surface area (Å²) in [4.78, 5) is 19.1. The normalized spacial score (nSPS) is 9.87. The number of hydrogen-bond acceptors (Lipinski definition) is 5. The van der Waals surface area contributed by atoms with Crippen LogP contribution in [0.3, 0.4) is 0 Å². The van der Waals surface area contributed by atoms with E-state index in [0.29, 0.717) is 17.6 Å². The summed E-state index contributed by atoms with van der Waals surface area (Å²) in [6.07, 6.45) is 0.187. The highest BCUT2D eigenvalue weighted by Crippen LogP contribution is 2.23. The van der Waals surface area contributed by atoms with Crippen LogP contribution in [-0.4, -0.2) is 30.0 Å². The summed E-state index contributed by atoms with van der Waals surface area (Å²) in [5.41, 5.74) is 0.729. The Hall–Kier alpha value is -1.65. The molecule has 0 radical (unpaired) electrons. The van der Waals surface area contributed by atoms with Gasteiger partial charge in [0.15, 0.2) is 0 Å². The fraction of sp³-hybridized carbons (Fsp3) is 0.500. The second-order valence-corrected chi connectivity index (χ2v) is 3.16. The molecule has 0 fully saturated rings. The Kier molecular flexibility index (Phi) is 3.60. The molecule has 1 aromatic rings. The fourth-order valence-electron chi connectivity index (χ4n) is 1.22. The van der Waals surface area contributed by atoms with Crippen LogP contribution in [0, 0.1) is 6.92 Å². The van der Waals surface area contributed by atoms with Gasteiger partial charge in [-0.3, -0.25) is 4.79 Å². The van der Waals surface area contributed by atoms with Crippen molar-refractivity contribution in [2.24, 2.45) is 0 Å². The van der Waals surface area contributed by atoms with E-state index in [1.54, 1.807) is 6.92 Å². The number of rotatable bonds is 4. The summed E-state index contributed by atoms with van der Waals surface area (Å²) in [6, 6.07) is 0. The van der Waals surface area contributed by atoms with Gasteiger partial charge >= 0.3 is 0 Å². The molecule has 0 atom stereocenters. The summed E-state index contributed by atoms with van der Waals surface area (Å²) in [7, 11) is 3.04. The number of nitrogens with zero attached hydrogens (tertiary/aromatic N) is 2. The van der Waals surface area contributed by atoms with Gasteiger partial charge in [0.05, 0.1) is 26.2 Å². The highest BCUT2D eigenvalue weighted by molar-refractivity contribution is 5.77. The topological polar surface area (TPSA) is 61.3 Å². The van der Waals surface area contributed by atoms with E-state index in [4.69, 9.17) is 9.47 Å². The molecule has 15 heavy (non-hydrogen) atoms. The van der Waals surface area contributed by atoms with Crippen molar-refractivity contribution in [2.45, 2.75) is 20.3 Å². The minimum absolute atomic E-state index is 0.00274. The Morgan fingerprint density at radius 2 is 1.67 bits per heavy atom. The van der Waals surface area contributed by atoms with Crippen molar-refractivity contribution in [3.8, 4) is 11.8 Å². The minimum atomic E-state index is 0.00274. The molecule has 0 N–H and O–H groups in total. The zero-order valence-corrected chi connectivity index (χ0v) is 9.33. The predicted molar refractivity (Wildman–Crippen MR) is 54.3 cm³/mol. The van der Waals surface area contributed by atoms with Gasteiger partial charge in [0.1, 0.15) is 11.6 Å². The molecule has 0 amide bonds. The maximum Gasteiger partial charge on any atom is 0.223 e. The van der Waals surface area contributed by atoms with Crippen LogP contribution in [0.25, 0.3) is 0 Å². The number of hydrogen-bond donors (Lipinski definition) is 0. The van der Waals surface area contributed by atoms with Gasteiger partial charge < -0.3 is 9.47 Å². The van der Waals surface area contributed by atoms with Gasteiger partial charge in [0, 0.05) is 0 Å². The summed E-state index contributed by atoms with van der Waals surface area (Å²) in [6.45, 7) is 3.29. The van der Waals surface area contributed by atoms with Crippen LogP contribution in [0.1, 0.15) is 18.3 Å². The molecule has 0 aliphatic carbocycles. The standard InChI is InChI=1S/C10H14N2O3/c1-6(13)5-8-11-9(14-3)7(2)10(12-8)15-4/h5H2,1-4H3. The first-order chi connectivity index (χ1) is 7.08. The van der Waals surface area contributed by atoms with Crippen LogP contribution in [0.2, 0.25) is 0 Å². The van der Waals surface area contributed by atoms with Crippen molar-refractivity contribution in [2.75, 3.05) is 14.2 Å². The van der Waals surface area contributed by atoms with Crippen LogP contribution < -0.4 is 9.47 Å². The number of ketones is 1. The summed E-state index contributed by atoms with van der Waals surface area (Å²) in [5, 5.41) is 0. The number of ether oxygens (including phenoxy) is 2. The van der Waals surface area contributed by atoms with Crippen LogP contribution in [-0.2, 0) is 11.2 Å². The molecule has 0 saturated carbocycles. The lowest BCUT2D eigenvalue weighted by atomic mass is 10.3. The van der Waals surface area contributed by atoms with E-state index >= 15 is 0 Å². The smallest absolute Gasteiger partial charge is 0.223 e. The summed E-state index contributed by atoms with van der Waals surface area (Å²) < 4.78 is 10.1. The molecule has 0 aromatic carbocycles. The van der Waals surface area contributed by atoms with Crippen molar-refractivity contribution in [3.63, 3.8) is 0 Å². The van der Waals surface area contributed by atoms with Gasteiger partial charge in [-0.05, 0) is 13.8 Å². The summed E-state index contributed by atoms with van der Waals surface area (Å²) >= 11 is 0. The van der Waals surface area contributed by atoms with E-state index in [0.717, 1.165) is 5.56 Å². The molecule has 1 heterocycles. The average molecular weight is 210 g/mol. The Balaban J connectivity index is 3.14. The average Bonchev–Trinajstić information content (AvgIpc) is 2.19. The van der Waals surface area contributed by atoms with Crippen molar-refractivity contribution in [3.05, 3.63) is 11.4 Å². The van der Waals surface area contributed by atoms with Crippen LogP contribution in [0.4, 0.5) is 0 Å². The Bertz CT molecular complexity index is 352. The molecule has 0 saturated heterocycles. The van der Waals surface area contributed by atoms with E-state index in [-0.39, 0.29) is 12.2 Å². The lowest BCUT2D eigenvalue weighted by Crippen LogP contribution is -2.07. The lowest BCUT2D eigenvalue weighted by Gasteiger charge is -2.09. The third-order valence-corrected chi connectivity index (χ3v) is 1.90. The lowest BCUT2D eigenvalue weighted by molar-refractivity contribution is -0.116. The number of carbonyl (C=O) groups excluding carboxylic acids is 1. The number of carbonyl (C=O) groups is 1. The molecule has 0 aliphatic rings.